The smallest absolute Gasteiger partial charge is 0.247 e. The first-order chi connectivity index (χ1) is 15.0. The molecular formula is C26H31NO4. The highest BCUT2D eigenvalue weighted by Crippen LogP contribution is 2.50. The van der Waals surface area contributed by atoms with Crippen LogP contribution in [0.3, 0.4) is 0 Å². The van der Waals surface area contributed by atoms with Gasteiger partial charge < -0.3 is 19.8 Å². The Kier molecular flexibility index (Phi) is 6.33. The van der Waals surface area contributed by atoms with Crippen molar-refractivity contribution in [2.75, 3.05) is 13.2 Å². The van der Waals surface area contributed by atoms with Crippen LogP contribution in [-0.2, 0) is 4.79 Å². The number of rotatable bonds is 5. The molecule has 2 aromatic rings. The molecule has 1 aliphatic heterocycles. The van der Waals surface area contributed by atoms with Gasteiger partial charge in [-0.3, -0.25) is 4.79 Å². The zero-order chi connectivity index (χ0) is 21.8. The Labute approximate surface area is 184 Å². The molecule has 0 spiro atoms. The molecule has 1 saturated carbocycles. The van der Waals surface area contributed by atoms with Crippen LogP contribution in [0.25, 0.3) is 6.08 Å². The fraction of sp³-hybridized carbons (Fsp3) is 0.423. The Morgan fingerprint density at radius 3 is 2.77 bits per heavy atom. The number of benzene rings is 2. The average molecular weight is 422 g/mol. The number of ether oxygens (including phenoxy) is 1. The van der Waals surface area contributed by atoms with E-state index >= 15 is 0 Å². The molecule has 1 heterocycles. The van der Waals surface area contributed by atoms with E-state index in [1.807, 2.05) is 60.4 Å². The number of fused-ring (bicyclic) bond motifs is 1. The van der Waals surface area contributed by atoms with E-state index in [-0.39, 0.29) is 23.6 Å². The lowest BCUT2D eigenvalue weighted by Gasteiger charge is -2.52. The standard InChI is InChI=1S/C26H31NO4/c1-2-31-23-18-20(12-13-22(23)28)25-21-10-6-7-15-26(21,30)16-17-27(25)24(29)14-11-19-8-4-3-5-9-19/h3-5,8-9,11-14,18,21,25,28,30H,2,6-7,10,15-17H2,1H3. The zero-order valence-corrected chi connectivity index (χ0v) is 18.0. The van der Waals surface area contributed by atoms with Crippen molar-refractivity contribution in [1.29, 1.82) is 0 Å². The molecule has 5 nitrogen and oxygen atoms in total. The van der Waals surface area contributed by atoms with Crippen molar-refractivity contribution in [1.82, 2.24) is 4.90 Å². The lowest BCUT2D eigenvalue weighted by atomic mass is 9.66. The molecule has 2 N–H and O–H groups in total. The molecule has 1 amide bonds. The number of carbonyl (C=O) groups is 1. The van der Waals surface area contributed by atoms with Gasteiger partial charge in [-0.25, -0.2) is 0 Å². The van der Waals surface area contributed by atoms with Gasteiger partial charge in [-0.05, 0) is 55.5 Å². The lowest BCUT2D eigenvalue weighted by molar-refractivity contribution is -0.150. The average Bonchev–Trinajstić information content (AvgIpc) is 2.79. The van der Waals surface area contributed by atoms with E-state index < -0.39 is 5.60 Å². The molecule has 1 saturated heterocycles. The first-order valence-electron chi connectivity index (χ1n) is 11.2. The lowest BCUT2D eigenvalue weighted by Crippen LogP contribution is -2.56. The minimum Gasteiger partial charge on any atom is -0.504 e. The Hall–Kier alpha value is -2.79. The number of aliphatic hydroxyl groups is 1. The summed E-state index contributed by atoms with van der Waals surface area (Å²) < 4.78 is 5.60. The van der Waals surface area contributed by atoms with Gasteiger partial charge in [0.1, 0.15) is 0 Å². The van der Waals surface area contributed by atoms with E-state index in [1.165, 1.54) is 0 Å². The maximum atomic E-state index is 13.3. The second-order valence-corrected chi connectivity index (χ2v) is 8.59. The molecule has 5 heteroatoms. The summed E-state index contributed by atoms with van der Waals surface area (Å²) in [6, 6.07) is 14.8. The highest BCUT2D eigenvalue weighted by Gasteiger charge is 2.50. The molecule has 2 aromatic carbocycles. The fourth-order valence-electron chi connectivity index (χ4n) is 5.15. The van der Waals surface area contributed by atoms with Gasteiger partial charge in [0.15, 0.2) is 11.5 Å². The van der Waals surface area contributed by atoms with Gasteiger partial charge in [-0.15, -0.1) is 0 Å². The Bertz CT molecular complexity index is 942. The van der Waals surface area contributed by atoms with Crippen LogP contribution in [0.5, 0.6) is 11.5 Å². The van der Waals surface area contributed by atoms with Crippen molar-refractivity contribution in [2.45, 2.75) is 50.7 Å². The van der Waals surface area contributed by atoms with E-state index in [9.17, 15) is 15.0 Å². The van der Waals surface area contributed by atoms with E-state index in [4.69, 9.17) is 4.74 Å². The molecule has 0 radical (unpaired) electrons. The van der Waals surface area contributed by atoms with Crippen molar-refractivity contribution >= 4 is 12.0 Å². The second-order valence-electron chi connectivity index (χ2n) is 8.59. The third-order valence-corrected chi connectivity index (χ3v) is 6.69. The number of piperidine rings is 1. The molecule has 164 valence electrons. The number of phenolic OH excluding ortho intramolecular Hbond substituents is 1. The van der Waals surface area contributed by atoms with E-state index in [1.54, 1.807) is 12.1 Å². The van der Waals surface area contributed by atoms with E-state index in [0.29, 0.717) is 25.3 Å². The normalized spacial score (nSPS) is 25.9. The highest BCUT2D eigenvalue weighted by atomic mass is 16.5. The molecule has 3 atom stereocenters. The first-order valence-corrected chi connectivity index (χ1v) is 11.2. The van der Waals surface area contributed by atoms with Gasteiger partial charge in [-0.1, -0.05) is 49.2 Å². The Morgan fingerprint density at radius 2 is 2.00 bits per heavy atom. The third kappa shape index (κ3) is 4.47. The van der Waals surface area contributed by atoms with Gasteiger partial charge in [0, 0.05) is 18.5 Å². The largest absolute Gasteiger partial charge is 0.504 e. The Balaban J connectivity index is 1.69. The summed E-state index contributed by atoms with van der Waals surface area (Å²) in [7, 11) is 0. The van der Waals surface area contributed by atoms with E-state index in [2.05, 4.69) is 0 Å². The topological polar surface area (TPSA) is 70.0 Å². The first kappa shape index (κ1) is 21.4. The van der Waals surface area contributed by atoms with Crippen LogP contribution in [0.2, 0.25) is 0 Å². The number of carbonyl (C=O) groups excluding carboxylic acids is 1. The number of amides is 1. The predicted molar refractivity (Wildman–Crippen MR) is 121 cm³/mol. The van der Waals surface area contributed by atoms with Crippen LogP contribution < -0.4 is 4.74 Å². The summed E-state index contributed by atoms with van der Waals surface area (Å²) in [5, 5.41) is 21.6. The van der Waals surface area contributed by atoms with E-state index in [0.717, 1.165) is 36.8 Å². The summed E-state index contributed by atoms with van der Waals surface area (Å²) in [4.78, 5) is 15.2. The summed E-state index contributed by atoms with van der Waals surface area (Å²) in [6.45, 7) is 2.81. The monoisotopic (exact) mass is 421 g/mol. The third-order valence-electron chi connectivity index (χ3n) is 6.69. The van der Waals surface area contributed by atoms with Crippen molar-refractivity contribution in [2.24, 2.45) is 5.92 Å². The van der Waals surface area contributed by atoms with Gasteiger partial charge in [0.2, 0.25) is 5.91 Å². The fourth-order valence-corrected chi connectivity index (χ4v) is 5.15. The summed E-state index contributed by atoms with van der Waals surface area (Å²) in [5.41, 5.74) is 1.11. The highest BCUT2D eigenvalue weighted by molar-refractivity contribution is 5.92. The molecule has 3 unspecified atom stereocenters. The van der Waals surface area contributed by atoms with Gasteiger partial charge >= 0.3 is 0 Å². The molecule has 2 fully saturated rings. The van der Waals surface area contributed by atoms with Crippen LogP contribution in [0, 0.1) is 5.92 Å². The van der Waals surface area contributed by atoms with Crippen LogP contribution in [0.4, 0.5) is 0 Å². The number of phenols is 1. The predicted octanol–water partition coefficient (Wildman–Crippen LogP) is 4.70. The quantitative estimate of drug-likeness (QED) is 0.687. The van der Waals surface area contributed by atoms with Crippen LogP contribution in [-0.4, -0.2) is 39.8 Å². The molecule has 31 heavy (non-hydrogen) atoms. The number of hydrogen-bond acceptors (Lipinski definition) is 4. The van der Waals surface area contributed by atoms with Crippen LogP contribution in [0.15, 0.2) is 54.6 Å². The molecule has 0 bridgehead atoms. The minimum absolute atomic E-state index is 0.0388. The van der Waals surface area contributed by atoms with Crippen molar-refractivity contribution in [3.8, 4) is 11.5 Å². The van der Waals surface area contributed by atoms with Crippen LogP contribution in [0.1, 0.15) is 56.2 Å². The summed E-state index contributed by atoms with van der Waals surface area (Å²) in [6.07, 6.45) is 7.76. The molecule has 2 aliphatic rings. The van der Waals surface area contributed by atoms with Crippen molar-refractivity contribution in [3.63, 3.8) is 0 Å². The summed E-state index contributed by atoms with van der Waals surface area (Å²) >= 11 is 0. The number of nitrogens with zero attached hydrogens (tertiary/aromatic N) is 1. The maximum absolute atomic E-state index is 13.3. The number of aromatic hydroxyl groups is 1. The molecule has 0 aromatic heterocycles. The van der Waals surface area contributed by atoms with Gasteiger partial charge in [0.05, 0.1) is 18.2 Å². The zero-order valence-electron chi connectivity index (χ0n) is 18.0. The van der Waals surface area contributed by atoms with Crippen LogP contribution >= 0.6 is 0 Å². The number of likely N-dealkylation sites (tertiary alicyclic amines) is 1. The van der Waals surface area contributed by atoms with Crippen molar-refractivity contribution in [3.05, 3.63) is 65.7 Å². The molecule has 4 rings (SSSR count). The van der Waals surface area contributed by atoms with Gasteiger partial charge in [-0.2, -0.15) is 0 Å². The van der Waals surface area contributed by atoms with Crippen molar-refractivity contribution < 1.29 is 19.7 Å². The second kappa shape index (κ2) is 9.15. The SMILES string of the molecule is CCOc1cc(C2C3CCCCC3(O)CCN2C(=O)C=Cc2ccccc2)ccc1O. The summed E-state index contributed by atoms with van der Waals surface area (Å²) in [5.74, 6) is 0.398. The maximum Gasteiger partial charge on any atom is 0.247 e. The molecule has 1 aliphatic carbocycles. The Morgan fingerprint density at radius 1 is 1.19 bits per heavy atom. The minimum atomic E-state index is -0.757. The number of hydrogen-bond donors (Lipinski definition) is 2. The molecular weight excluding hydrogens is 390 g/mol. The van der Waals surface area contributed by atoms with Gasteiger partial charge in [0.25, 0.3) is 0 Å².